The lowest BCUT2D eigenvalue weighted by Gasteiger charge is -2.18. The average molecular weight is 335 g/mol. The summed E-state index contributed by atoms with van der Waals surface area (Å²) >= 11 is 6.20. The molecule has 0 saturated heterocycles. The van der Waals surface area contributed by atoms with Gasteiger partial charge in [-0.05, 0) is 43.7 Å². The van der Waals surface area contributed by atoms with Gasteiger partial charge >= 0.3 is 0 Å². The van der Waals surface area contributed by atoms with Gasteiger partial charge in [-0.25, -0.2) is 0 Å². The lowest BCUT2D eigenvalue weighted by atomic mass is 10.2. The van der Waals surface area contributed by atoms with E-state index in [9.17, 15) is 9.90 Å². The van der Waals surface area contributed by atoms with Gasteiger partial charge in [-0.3, -0.25) is 9.78 Å². The summed E-state index contributed by atoms with van der Waals surface area (Å²) in [5.74, 6) is 0.944. The highest BCUT2D eigenvalue weighted by Crippen LogP contribution is 2.30. The zero-order chi connectivity index (χ0) is 16.8. The summed E-state index contributed by atoms with van der Waals surface area (Å²) in [7, 11) is 1.69. The van der Waals surface area contributed by atoms with E-state index < -0.39 is 6.10 Å². The van der Waals surface area contributed by atoms with Crippen molar-refractivity contribution in [1.82, 2.24) is 9.88 Å². The summed E-state index contributed by atoms with van der Waals surface area (Å²) in [6, 6.07) is 8.36. The summed E-state index contributed by atoms with van der Waals surface area (Å²) in [5.41, 5.74) is 0.477. The first-order chi connectivity index (χ1) is 11.0. The maximum atomic E-state index is 12.3. The summed E-state index contributed by atoms with van der Waals surface area (Å²) in [4.78, 5) is 17.8. The molecule has 0 aliphatic carbocycles. The van der Waals surface area contributed by atoms with Crippen LogP contribution in [0.1, 0.15) is 23.7 Å². The van der Waals surface area contributed by atoms with Crippen LogP contribution in [0.5, 0.6) is 11.5 Å². The molecule has 0 bridgehead atoms. The van der Waals surface area contributed by atoms with Gasteiger partial charge in [-0.15, -0.1) is 0 Å². The number of aliphatic hydroxyl groups is 1. The van der Waals surface area contributed by atoms with Gasteiger partial charge < -0.3 is 14.7 Å². The minimum atomic E-state index is -0.440. The molecule has 1 N–H and O–H groups in total. The maximum absolute atomic E-state index is 12.3. The van der Waals surface area contributed by atoms with Crippen LogP contribution in [-0.4, -0.2) is 40.6 Å². The number of hydrogen-bond acceptors (Lipinski definition) is 4. The topological polar surface area (TPSA) is 62.7 Å². The highest BCUT2D eigenvalue weighted by atomic mass is 35.5. The number of carbonyl (C=O) groups is 1. The van der Waals surface area contributed by atoms with Crippen molar-refractivity contribution in [2.75, 3.05) is 13.6 Å². The first-order valence-corrected chi connectivity index (χ1v) is 7.66. The van der Waals surface area contributed by atoms with Gasteiger partial charge in [0, 0.05) is 31.5 Å². The van der Waals surface area contributed by atoms with Crippen LogP contribution in [0.15, 0.2) is 42.7 Å². The molecule has 122 valence electrons. The molecule has 0 radical (unpaired) electrons. The highest BCUT2D eigenvalue weighted by Gasteiger charge is 2.14. The van der Waals surface area contributed by atoms with Gasteiger partial charge in [0.05, 0.1) is 11.1 Å². The molecule has 5 nitrogen and oxygen atoms in total. The number of benzene rings is 1. The van der Waals surface area contributed by atoms with Crippen molar-refractivity contribution < 1.29 is 14.6 Å². The molecule has 0 fully saturated rings. The van der Waals surface area contributed by atoms with Crippen LogP contribution in [0.4, 0.5) is 0 Å². The Morgan fingerprint density at radius 1 is 1.35 bits per heavy atom. The van der Waals surface area contributed by atoms with E-state index in [2.05, 4.69) is 4.98 Å². The van der Waals surface area contributed by atoms with Crippen LogP contribution in [-0.2, 0) is 0 Å². The van der Waals surface area contributed by atoms with Crippen LogP contribution in [0.25, 0.3) is 0 Å². The largest absolute Gasteiger partial charge is 0.456 e. The first kappa shape index (κ1) is 17.2. The Morgan fingerprint density at radius 3 is 2.65 bits per heavy atom. The third-order valence-corrected chi connectivity index (χ3v) is 3.58. The van der Waals surface area contributed by atoms with E-state index in [1.165, 1.54) is 0 Å². The predicted molar refractivity (Wildman–Crippen MR) is 89.0 cm³/mol. The average Bonchev–Trinajstić information content (AvgIpc) is 2.54. The van der Waals surface area contributed by atoms with E-state index in [1.807, 2.05) is 0 Å². The number of carbonyl (C=O) groups excluding carboxylic acids is 1. The van der Waals surface area contributed by atoms with Gasteiger partial charge in [0.1, 0.15) is 11.5 Å². The molecule has 0 saturated carbocycles. The van der Waals surface area contributed by atoms with Crippen LogP contribution in [0, 0.1) is 0 Å². The van der Waals surface area contributed by atoms with Crippen molar-refractivity contribution in [2.45, 2.75) is 19.4 Å². The molecule has 23 heavy (non-hydrogen) atoms. The second kappa shape index (κ2) is 7.94. The Hall–Kier alpha value is -2.11. The van der Waals surface area contributed by atoms with E-state index in [1.54, 1.807) is 61.6 Å². The molecule has 2 aromatic rings. The fourth-order valence-electron chi connectivity index (χ4n) is 1.95. The SMILES string of the molecule is CC(O)CCN(C)C(=O)c1ccc(Oc2ccncc2)c(Cl)c1. The maximum Gasteiger partial charge on any atom is 0.253 e. The van der Waals surface area contributed by atoms with Crippen molar-refractivity contribution >= 4 is 17.5 Å². The smallest absolute Gasteiger partial charge is 0.253 e. The lowest BCUT2D eigenvalue weighted by molar-refractivity contribution is 0.0769. The van der Waals surface area contributed by atoms with Gasteiger partial charge in [0.2, 0.25) is 0 Å². The number of nitrogens with zero attached hydrogens (tertiary/aromatic N) is 2. The van der Waals surface area contributed by atoms with E-state index >= 15 is 0 Å². The van der Waals surface area contributed by atoms with Crippen molar-refractivity contribution in [1.29, 1.82) is 0 Å². The Morgan fingerprint density at radius 2 is 2.04 bits per heavy atom. The predicted octanol–water partition coefficient (Wildman–Crippen LogP) is 3.37. The van der Waals surface area contributed by atoms with Crippen LogP contribution in [0.3, 0.4) is 0 Å². The van der Waals surface area contributed by atoms with Crippen LogP contribution in [0.2, 0.25) is 5.02 Å². The number of halogens is 1. The molecule has 1 heterocycles. The van der Waals surface area contributed by atoms with Gasteiger partial charge in [-0.1, -0.05) is 11.6 Å². The molecule has 0 aliphatic heterocycles. The number of rotatable bonds is 6. The fourth-order valence-corrected chi connectivity index (χ4v) is 2.17. The second-order valence-electron chi connectivity index (χ2n) is 5.29. The number of amides is 1. The van der Waals surface area contributed by atoms with Gasteiger partial charge in [0.15, 0.2) is 0 Å². The Balaban J connectivity index is 2.08. The van der Waals surface area contributed by atoms with E-state index in [0.717, 1.165) is 0 Å². The zero-order valence-electron chi connectivity index (χ0n) is 13.1. The normalized spacial score (nSPS) is 11.8. The van der Waals surface area contributed by atoms with Crippen molar-refractivity contribution in [3.8, 4) is 11.5 Å². The molecule has 0 spiro atoms. The third kappa shape index (κ3) is 4.94. The quantitative estimate of drug-likeness (QED) is 0.879. The molecule has 2 rings (SSSR count). The summed E-state index contributed by atoms with van der Waals surface area (Å²) < 4.78 is 5.65. The minimum absolute atomic E-state index is 0.150. The molecule has 6 heteroatoms. The third-order valence-electron chi connectivity index (χ3n) is 3.29. The molecule has 1 amide bonds. The molecule has 1 unspecified atom stereocenters. The zero-order valence-corrected chi connectivity index (χ0v) is 13.8. The summed E-state index contributed by atoms with van der Waals surface area (Å²) in [5, 5.41) is 9.65. The number of pyridine rings is 1. The van der Waals surface area contributed by atoms with E-state index in [-0.39, 0.29) is 5.91 Å². The number of aliphatic hydroxyl groups excluding tert-OH is 1. The fraction of sp³-hybridized carbons (Fsp3) is 0.294. The van der Waals surface area contributed by atoms with Crippen LogP contribution < -0.4 is 4.74 Å². The Labute approximate surface area is 140 Å². The van der Waals surface area contributed by atoms with E-state index in [0.29, 0.717) is 35.1 Å². The van der Waals surface area contributed by atoms with Crippen molar-refractivity contribution in [2.24, 2.45) is 0 Å². The first-order valence-electron chi connectivity index (χ1n) is 7.28. The number of ether oxygens (including phenoxy) is 1. The molecular formula is C17H19ClN2O3. The highest BCUT2D eigenvalue weighted by molar-refractivity contribution is 6.32. The summed E-state index contributed by atoms with van der Waals surface area (Å²) in [6.45, 7) is 2.17. The van der Waals surface area contributed by atoms with E-state index in [4.69, 9.17) is 16.3 Å². The number of aromatic nitrogens is 1. The van der Waals surface area contributed by atoms with Gasteiger partial charge in [-0.2, -0.15) is 0 Å². The standard InChI is InChI=1S/C17H19ClN2O3/c1-12(21)7-10-20(2)17(22)13-3-4-16(15(18)11-13)23-14-5-8-19-9-6-14/h3-6,8-9,11-12,21H,7,10H2,1-2H3. The second-order valence-corrected chi connectivity index (χ2v) is 5.70. The molecule has 1 aromatic heterocycles. The van der Waals surface area contributed by atoms with Crippen molar-refractivity contribution in [3.05, 3.63) is 53.3 Å². The Bertz CT molecular complexity index is 662. The molecular weight excluding hydrogens is 316 g/mol. The van der Waals surface area contributed by atoms with Crippen LogP contribution >= 0.6 is 11.6 Å². The molecule has 0 aliphatic rings. The lowest BCUT2D eigenvalue weighted by Crippen LogP contribution is -2.29. The molecule has 1 aromatic carbocycles. The molecule has 1 atom stereocenters. The number of hydrogen-bond donors (Lipinski definition) is 1. The monoisotopic (exact) mass is 334 g/mol. The summed E-state index contributed by atoms with van der Waals surface area (Å²) in [6.07, 6.45) is 3.33. The van der Waals surface area contributed by atoms with Gasteiger partial charge in [0.25, 0.3) is 5.91 Å². The van der Waals surface area contributed by atoms with Crippen molar-refractivity contribution in [3.63, 3.8) is 0 Å². The minimum Gasteiger partial charge on any atom is -0.456 e. The Kier molecular flexibility index (Phi) is 5.96.